The van der Waals surface area contributed by atoms with Crippen LogP contribution in [-0.2, 0) is 0 Å². The third-order valence-electron chi connectivity index (χ3n) is 10.1. The van der Waals surface area contributed by atoms with Crippen LogP contribution in [0.5, 0.6) is 0 Å². The molecule has 0 atom stereocenters. The Kier molecular flexibility index (Phi) is 6.15. The summed E-state index contributed by atoms with van der Waals surface area (Å²) in [4.78, 5) is 20.1. The van der Waals surface area contributed by atoms with Crippen molar-refractivity contribution >= 4 is 65.3 Å². The molecule has 4 heterocycles. The van der Waals surface area contributed by atoms with E-state index >= 15 is 0 Å². The van der Waals surface area contributed by atoms with Gasteiger partial charge in [0.15, 0.2) is 23.1 Å². The quantitative estimate of drug-likeness (QED) is 0.175. The van der Waals surface area contributed by atoms with Crippen molar-refractivity contribution in [3.8, 4) is 39.9 Å². The van der Waals surface area contributed by atoms with Gasteiger partial charge in [0.05, 0.1) is 22.9 Å². The van der Waals surface area contributed by atoms with E-state index in [0.717, 1.165) is 60.7 Å². The number of para-hydroxylation sites is 3. The van der Waals surface area contributed by atoms with E-state index in [1.54, 1.807) is 12.4 Å². The number of pyridine rings is 1. The molecule has 0 saturated heterocycles. The molecule has 0 N–H and O–H groups in total. The van der Waals surface area contributed by atoms with Gasteiger partial charge in [-0.15, -0.1) is 0 Å². The standard InChI is InChI=1S/C46H27N5O/c1-2-11-31-28(10-1)20-21-29-26-30(22-23-32(29)31)44-48-45(50-46(49-44)37-15-9-19-41-43(37)36-24-25-47-27-42(36)52-41)35-14-5-8-18-40(35)51-38-16-6-3-12-33(38)34-13-4-7-17-39(34)51/h1-27H. The summed E-state index contributed by atoms with van der Waals surface area (Å²) in [5.41, 5.74) is 7.39. The zero-order valence-electron chi connectivity index (χ0n) is 27.7. The van der Waals surface area contributed by atoms with E-state index in [0.29, 0.717) is 17.5 Å². The lowest BCUT2D eigenvalue weighted by Crippen LogP contribution is -2.03. The topological polar surface area (TPSA) is 69.6 Å². The van der Waals surface area contributed by atoms with Gasteiger partial charge in [0.1, 0.15) is 5.58 Å². The number of fused-ring (bicyclic) bond motifs is 9. The smallest absolute Gasteiger partial charge is 0.166 e. The van der Waals surface area contributed by atoms with Crippen LogP contribution >= 0.6 is 0 Å². The van der Waals surface area contributed by atoms with E-state index in [1.807, 2.05) is 24.3 Å². The Morgan fingerprint density at radius 2 is 1.10 bits per heavy atom. The second-order valence-corrected chi connectivity index (χ2v) is 13.1. The average Bonchev–Trinajstić information content (AvgIpc) is 3.76. The molecule has 0 unspecified atom stereocenters. The molecule has 0 aliphatic carbocycles. The summed E-state index contributed by atoms with van der Waals surface area (Å²) in [5, 5.41) is 9.05. The van der Waals surface area contributed by atoms with Gasteiger partial charge in [-0.3, -0.25) is 4.98 Å². The molecule has 0 spiro atoms. The van der Waals surface area contributed by atoms with Crippen molar-refractivity contribution in [1.29, 1.82) is 0 Å². The van der Waals surface area contributed by atoms with Crippen molar-refractivity contribution in [1.82, 2.24) is 24.5 Å². The summed E-state index contributed by atoms with van der Waals surface area (Å²) in [7, 11) is 0. The highest BCUT2D eigenvalue weighted by atomic mass is 16.3. The fourth-order valence-corrected chi connectivity index (χ4v) is 7.80. The summed E-state index contributed by atoms with van der Waals surface area (Å²) < 4.78 is 8.56. The first-order chi connectivity index (χ1) is 25.8. The lowest BCUT2D eigenvalue weighted by Gasteiger charge is -2.15. The molecule has 11 rings (SSSR count). The van der Waals surface area contributed by atoms with E-state index in [-0.39, 0.29) is 0 Å². The number of rotatable bonds is 4. The van der Waals surface area contributed by atoms with Crippen molar-refractivity contribution in [2.45, 2.75) is 0 Å². The third kappa shape index (κ3) is 4.31. The van der Waals surface area contributed by atoms with E-state index in [2.05, 4.69) is 137 Å². The van der Waals surface area contributed by atoms with Gasteiger partial charge in [0.2, 0.25) is 0 Å². The Morgan fingerprint density at radius 3 is 1.94 bits per heavy atom. The molecular weight excluding hydrogens is 639 g/mol. The molecule has 52 heavy (non-hydrogen) atoms. The van der Waals surface area contributed by atoms with Gasteiger partial charge in [-0.25, -0.2) is 15.0 Å². The molecule has 0 amide bonds. The summed E-state index contributed by atoms with van der Waals surface area (Å²) >= 11 is 0. The van der Waals surface area contributed by atoms with E-state index in [4.69, 9.17) is 19.4 Å². The average molecular weight is 666 g/mol. The van der Waals surface area contributed by atoms with Crippen molar-refractivity contribution in [3.63, 3.8) is 0 Å². The molecule has 0 bridgehead atoms. The van der Waals surface area contributed by atoms with Crippen LogP contribution in [0.4, 0.5) is 0 Å². The molecule has 4 aromatic heterocycles. The van der Waals surface area contributed by atoms with Gasteiger partial charge in [0.25, 0.3) is 0 Å². The van der Waals surface area contributed by atoms with Crippen molar-refractivity contribution in [2.75, 3.05) is 0 Å². The highest BCUT2D eigenvalue weighted by Gasteiger charge is 2.21. The maximum atomic E-state index is 6.24. The first kappa shape index (κ1) is 28.6. The number of nitrogens with zero attached hydrogens (tertiary/aromatic N) is 5. The second-order valence-electron chi connectivity index (χ2n) is 13.1. The van der Waals surface area contributed by atoms with E-state index in [1.165, 1.54) is 26.9 Å². The van der Waals surface area contributed by atoms with Crippen molar-refractivity contribution < 1.29 is 4.42 Å². The fourth-order valence-electron chi connectivity index (χ4n) is 7.80. The highest BCUT2D eigenvalue weighted by Crippen LogP contribution is 2.39. The monoisotopic (exact) mass is 665 g/mol. The predicted molar refractivity (Wildman–Crippen MR) is 211 cm³/mol. The van der Waals surface area contributed by atoms with Crippen molar-refractivity contribution in [2.24, 2.45) is 0 Å². The molecule has 0 aliphatic rings. The lowest BCUT2D eigenvalue weighted by atomic mass is 10.00. The van der Waals surface area contributed by atoms with Gasteiger partial charge in [-0.05, 0) is 64.0 Å². The van der Waals surface area contributed by atoms with Crippen LogP contribution in [0.1, 0.15) is 0 Å². The number of hydrogen-bond acceptors (Lipinski definition) is 5. The normalized spacial score (nSPS) is 11.8. The number of benzene rings is 7. The number of hydrogen-bond donors (Lipinski definition) is 0. The second kappa shape index (κ2) is 11.2. The van der Waals surface area contributed by atoms with Crippen LogP contribution in [0.3, 0.4) is 0 Å². The summed E-state index contributed by atoms with van der Waals surface area (Å²) in [5.74, 6) is 1.75. The number of aromatic nitrogens is 5. The molecule has 0 saturated carbocycles. The molecule has 0 aliphatic heterocycles. The van der Waals surface area contributed by atoms with Crippen molar-refractivity contribution in [3.05, 3.63) is 164 Å². The molecule has 7 aromatic carbocycles. The minimum absolute atomic E-state index is 0.570. The zero-order valence-corrected chi connectivity index (χ0v) is 27.7. The first-order valence-electron chi connectivity index (χ1n) is 17.3. The van der Waals surface area contributed by atoms with Gasteiger partial charge in [0, 0.05) is 44.4 Å². The molecule has 6 heteroatoms. The fraction of sp³-hybridized carbons (Fsp3) is 0. The summed E-state index contributed by atoms with van der Waals surface area (Å²) in [6.07, 6.45) is 3.54. The zero-order chi connectivity index (χ0) is 34.2. The van der Waals surface area contributed by atoms with Gasteiger partial charge in [-0.1, -0.05) is 109 Å². The SMILES string of the molecule is c1ccc(-n2c3ccccc3c3ccccc32)c(-c2nc(-c3ccc4c(ccc5ccccc54)c3)nc(-c3cccc4oc5cnccc5c34)n2)c1. The van der Waals surface area contributed by atoms with E-state index < -0.39 is 0 Å². The summed E-state index contributed by atoms with van der Waals surface area (Å²) in [6, 6.07) is 52.8. The lowest BCUT2D eigenvalue weighted by molar-refractivity contribution is 0.667. The largest absolute Gasteiger partial charge is 0.454 e. The minimum atomic E-state index is 0.570. The molecule has 11 aromatic rings. The van der Waals surface area contributed by atoms with Crippen LogP contribution in [0.15, 0.2) is 168 Å². The van der Waals surface area contributed by atoms with Crippen LogP contribution in [-0.4, -0.2) is 24.5 Å². The Morgan fingerprint density at radius 1 is 0.442 bits per heavy atom. The molecule has 6 nitrogen and oxygen atoms in total. The van der Waals surface area contributed by atoms with Gasteiger partial charge >= 0.3 is 0 Å². The van der Waals surface area contributed by atoms with Gasteiger partial charge in [-0.2, -0.15) is 0 Å². The molecule has 0 fully saturated rings. The predicted octanol–water partition coefficient (Wildman–Crippen LogP) is 11.6. The first-order valence-corrected chi connectivity index (χ1v) is 17.3. The molecule has 242 valence electrons. The van der Waals surface area contributed by atoms with Crippen LogP contribution in [0.25, 0.3) is 105 Å². The minimum Gasteiger partial charge on any atom is -0.454 e. The highest BCUT2D eigenvalue weighted by molar-refractivity contribution is 6.12. The number of furan rings is 1. The van der Waals surface area contributed by atoms with Crippen LogP contribution in [0, 0.1) is 0 Å². The molecular formula is C46H27N5O. The van der Waals surface area contributed by atoms with Gasteiger partial charge < -0.3 is 8.98 Å². The third-order valence-corrected chi connectivity index (χ3v) is 10.1. The maximum absolute atomic E-state index is 6.24. The van der Waals surface area contributed by atoms with E-state index in [9.17, 15) is 0 Å². The maximum Gasteiger partial charge on any atom is 0.166 e. The Hall–Kier alpha value is -7.18. The summed E-state index contributed by atoms with van der Waals surface area (Å²) in [6.45, 7) is 0. The van der Waals surface area contributed by atoms with Crippen LogP contribution < -0.4 is 0 Å². The Bertz CT molecular complexity index is 3160. The Balaban J connectivity index is 1.19. The Labute approximate surface area is 297 Å². The van der Waals surface area contributed by atoms with Crippen LogP contribution in [0.2, 0.25) is 0 Å². The molecule has 0 radical (unpaired) electrons.